The topological polar surface area (TPSA) is 63.7 Å². The van der Waals surface area contributed by atoms with E-state index in [1.165, 1.54) is 4.90 Å². The van der Waals surface area contributed by atoms with Gasteiger partial charge >= 0.3 is 5.97 Å². The predicted octanol–water partition coefficient (Wildman–Crippen LogP) is 8.21. The van der Waals surface area contributed by atoms with E-state index in [0.717, 1.165) is 43.3 Å². The zero-order valence-electron chi connectivity index (χ0n) is 20.5. The van der Waals surface area contributed by atoms with Crippen LogP contribution in [0.1, 0.15) is 21.5 Å². The number of fused-ring (bicyclic) bond motifs is 2. The summed E-state index contributed by atoms with van der Waals surface area (Å²) < 4.78 is 6.55. The van der Waals surface area contributed by atoms with Crippen molar-refractivity contribution < 1.29 is 19.1 Å². The normalized spacial score (nSPS) is 14.5. The molecular formula is C32H20BrNO4S. The van der Waals surface area contributed by atoms with Crippen molar-refractivity contribution in [2.45, 2.75) is 6.54 Å². The highest BCUT2D eigenvalue weighted by Gasteiger charge is 2.35. The molecular weight excluding hydrogens is 574 g/mol. The first kappa shape index (κ1) is 25.1. The van der Waals surface area contributed by atoms with E-state index in [9.17, 15) is 14.4 Å². The molecule has 5 aromatic carbocycles. The van der Waals surface area contributed by atoms with Crippen molar-refractivity contribution in [3.05, 3.63) is 129 Å². The lowest BCUT2D eigenvalue weighted by molar-refractivity contribution is -0.123. The summed E-state index contributed by atoms with van der Waals surface area (Å²) in [6, 6.07) is 32.1. The second-order valence-corrected chi connectivity index (χ2v) is 11.0. The van der Waals surface area contributed by atoms with Crippen molar-refractivity contribution in [3.63, 3.8) is 0 Å². The van der Waals surface area contributed by atoms with E-state index >= 15 is 0 Å². The van der Waals surface area contributed by atoms with E-state index in [1.54, 1.807) is 30.3 Å². The molecule has 7 heteroatoms. The lowest BCUT2D eigenvalue weighted by Gasteiger charge is -2.13. The number of amides is 2. The second-order valence-electron chi connectivity index (χ2n) is 9.05. The highest BCUT2D eigenvalue weighted by molar-refractivity contribution is 9.10. The lowest BCUT2D eigenvalue weighted by atomic mass is 10.0. The molecule has 0 atom stereocenters. The molecule has 1 aliphatic heterocycles. The first-order chi connectivity index (χ1) is 19.0. The third-order valence-corrected chi connectivity index (χ3v) is 7.90. The molecule has 39 heavy (non-hydrogen) atoms. The largest absolute Gasteiger partial charge is 0.422 e. The molecule has 0 unspecified atom stereocenters. The molecule has 1 saturated heterocycles. The number of rotatable bonds is 5. The van der Waals surface area contributed by atoms with Gasteiger partial charge in [0.25, 0.3) is 11.1 Å². The van der Waals surface area contributed by atoms with Gasteiger partial charge in [-0.1, -0.05) is 88.7 Å². The van der Waals surface area contributed by atoms with E-state index in [1.807, 2.05) is 78.9 Å². The third kappa shape index (κ3) is 5.11. The molecule has 0 saturated carbocycles. The maximum Gasteiger partial charge on any atom is 0.344 e. The standard InChI is InChI=1S/C32H20BrNO4S/c33-25-14-15-28(38-31(36)27-11-5-9-22-7-3-4-10-26(22)27)24(17-25)18-29-30(35)34(32(37)39-29)19-20-12-13-21-6-1-2-8-23(21)16-20/h1-18H,19H2/b29-18-. The molecule has 1 aliphatic rings. The van der Waals surface area contributed by atoms with Gasteiger partial charge in [-0.05, 0) is 75.3 Å². The third-order valence-electron chi connectivity index (χ3n) is 6.50. The quantitative estimate of drug-likeness (QED) is 0.117. The van der Waals surface area contributed by atoms with Gasteiger partial charge in [-0.3, -0.25) is 14.5 Å². The Kier molecular flexibility index (Phi) is 6.77. The monoisotopic (exact) mass is 593 g/mol. The molecule has 6 rings (SSSR count). The highest BCUT2D eigenvalue weighted by Crippen LogP contribution is 2.36. The number of hydrogen-bond donors (Lipinski definition) is 0. The van der Waals surface area contributed by atoms with Gasteiger partial charge in [0.05, 0.1) is 17.0 Å². The molecule has 1 heterocycles. The molecule has 0 radical (unpaired) electrons. The average Bonchev–Trinajstić information content (AvgIpc) is 3.21. The van der Waals surface area contributed by atoms with Crippen LogP contribution in [0.3, 0.4) is 0 Å². The number of benzene rings is 5. The second kappa shape index (κ2) is 10.5. The van der Waals surface area contributed by atoms with Gasteiger partial charge < -0.3 is 4.74 Å². The van der Waals surface area contributed by atoms with E-state index < -0.39 is 5.97 Å². The van der Waals surface area contributed by atoms with Crippen LogP contribution in [0, 0.1) is 0 Å². The van der Waals surface area contributed by atoms with Crippen molar-refractivity contribution in [1.29, 1.82) is 0 Å². The molecule has 1 fully saturated rings. The van der Waals surface area contributed by atoms with Crippen molar-refractivity contribution in [2.75, 3.05) is 0 Å². The first-order valence-corrected chi connectivity index (χ1v) is 13.8. The predicted molar refractivity (Wildman–Crippen MR) is 159 cm³/mol. The van der Waals surface area contributed by atoms with Crippen LogP contribution in [0.5, 0.6) is 5.75 Å². The summed E-state index contributed by atoms with van der Waals surface area (Å²) in [5.41, 5.74) is 1.82. The number of carbonyl (C=O) groups is 3. The Balaban J connectivity index is 1.27. The minimum absolute atomic E-state index is 0.175. The van der Waals surface area contributed by atoms with E-state index in [4.69, 9.17) is 4.74 Å². The summed E-state index contributed by atoms with van der Waals surface area (Å²) in [7, 11) is 0. The number of esters is 1. The Hall–Kier alpha value is -4.20. The van der Waals surface area contributed by atoms with Crippen LogP contribution in [0.4, 0.5) is 4.79 Å². The van der Waals surface area contributed by atoms with Gasteiger partial charge in [-0.15, -0.1) is 0 Å². The summed E-state index contributed by atoms with van der Waals surface area (Å²) >= 11 is 4.33. The van der Waals surface area contributed by atoms with Crippen molar-refractivity contribution >= 4 is 72.4 Å². The molecule has 190 valence electrons. The van der Waals surface area contributed by atoms with Gasteiger partial charge in [0.1, 0.15) is 5.75 Å². The fraction of sp³-hybridized carbons (Fsp3) is 0.0312. The summed E-state index contributed by atoms with van der Waals surface area (Å²) in [5.74, 6) is -0.602. The van der Waals surface area contributed by atoms with Gasteiger partial charge in [-0.25, -0.2) is 4.79 Å². The molecule has 5 aromatic rings. The molecule has 0 aliphatic carbocycles. The van der Waals surface area contributed by atoms with Gasteiger partial charge in [-0.2, -0.15) is 0 Å². The zero-order valence-corrected chi connectivity index (χ0v) is 22.9. The number of nitrogens with zero attached hydrogens (tertiary/aromatic N) is 1. The van der Waals surface area contributed by atoms with Crippen LogP contribution in [0.2, 0.25) is 0 Å². The number of halogens is 1. The number of hydrogen-bond acceptors (Lipinski definition) is 5. The summed E-state index contributed by atoms with van der Waals surface area (Å²) in [4.78, 5) is 40.8. The van der Waals surface area contributed by atoms with Crippen LogP contribution in [-0.2, 0) is 11.3 Å². The fourth-order valence-electron chi connectivity index (χ4n) is 4.58. The molecule has 2 amide bonds. The van der Waals surface area contributed by atoms with Crippen LogP contribution in [-0.4, -0.2) is 22.0 Å². The van der Waals surface area contributed by atoms with Crippen molar-refractivity contribution in [3.8, 4) is 5.75 Å². The van der Waals surface area contributed by atoms with Crippen LogP contribution >= 0.6 is 27.7 Å². The Morgan fingerprint density at radius 2 is 1.56 bits per heavy atom. The number of thioether (sulfide) groups is 1. The maximum absolute atomic E-state index is 13.3. The minimum Gasteiger partial charge on any atom is -0.422 e. The van der Waals surface area contributed by atoms with E-state index in [-0.39, 0.29) is 28.3 Å². The molecule has 0 aromatic heterocycles. The Bertz CT molecular complexity index is 1830. The van der Waals surface area contributed by atoms with Crippen molar-refractivity contribution in [1.82, 2.24) is 4.90 Å². The molecule has 0 N–H and O–H groups in total. The first-order valence-electron chi connectivity index (χ1n) is 12.2. The van der Waals surface area contributed by atoms with Crippen molar-refractivity contribution in [2.24, 2.45) is 0 Å². The highest BCUT2D eigenvalue weighted by atomic mass is 79.9. The van der Waals surface area contributed by atoms with Crippen LogP contribution < -0.4 is 4.74 Å². The smallest absolute Gasteiger partial charge is 0.344 e. The molecule has 5 nitrogen and oxygen atoms in total. The van der Waals surface area contributed by atoms with Crippen LogP contribution in [0.15, 0.2) is 113 Å². The van der Waals surface area contributed by atoms with E-state index in [0.29, 0.717) is 11.1 Å². The number of carbonyl (C=O) groups excluding carboxylic acids is 3. The Morgan fingerprint density at radius 1 is 0.821 bits per heavy atom. The average molecular weight is 594 g/mol. The summed E-state index contributed by atoms with van der Waals surface area (Å²) in [5, 5.41) is 3.52. The molecule has 0 bridgehead atoms. The summed E-state index contributed by atoms with van der Waals surface area (Å²) in [6.45, 7) is 0.175. The number of imide groups is 1. The number of ether oxygens (including phenoxy) is 1. The Morgan fingerprint density at radius 3 is 2.41 bits per heavy atom. The van der Waals surface area contributed by atoms with Crippen LogP contribution in [0.25, 0.3) is 27.6 Å². The van der Waals surface area contributed by atoms with Gasteiger partial charge in [0, 0.05) is 10.0 Å². The van der Waals surface area contributed by atoms with Gasteiger partial charge in [0.15, 0.2) is 0 Å². The lowest BCUT2D eigenvalue weighted by Crippen LogP contribution is -2.27. The molecule has 0 spiro atoms. The summed E-state index contributed by atoms with van der Waals surface area (Å²) in [6.07, 6.45) is 1.60. The SMILES string of the molecule is O=C(Oc1ccc(Br)cc1/C=C1\SC(=O)N(Cc2ccc3ccccc3c2)C1=O)c1cccc2ccccc12. The van der Waals surface area contributed by atoms with Gasteiger partial charge in [0.2, 0.25) is 0 Å². The Labute approximate surface area is 237 Å². The minimum atomic E-state index is -0.506. The maximum atomic E-state index is 13.3. The fourth-order valence-corrected chi connectivity index (χ4v) is 5.79. The zero-order chi connectivity index (χ0) is 26.9. The van der Waals surface area contributed by atoms with E-state index in [2.05, 4.69) is 15.9 Å².